The number of thioether (sulfide) groups is 1. The SMILES string of the molecule is COc1ccc(N2C(=O)CS[C@@H]2c2ccc(NC(=O)c3cccc(Cl)c3)cc2)cc1. The molecule has 152 valence electrons. The van der Waals surface area contributed by atoms with E-state index in [4.69, 9.17) is 16.3 Å². The van der Waals surface area contributed by atoms with Gasteiger partial charge in [-0.2, -0.15) is 0 Å². The number of carbonyl (C=O) groups excluding carboxylic acids is 2. The number of benzene rings is 3. The molecule has 2 amide bonds. The van der Waals surface area contributed by atoms with E-state index in [-0.39, 0.29) is 17.2 Å². The highest BCUT2D eigenvalue weighted by Gasteiger charge is 2.34. The molecule has 0 radical (unpaired) electrons. The number of hydrogen-bond donors (Lipinski definition) is 1. The minimum Gasteiger partial charge on any atom is -0.497 e. The molecule has 0 unspecified atom stereocenters. The van der Waals surface area contributed by atoms with Crippen LogP contribution in [0.15, 0.2) is 72.8 Å². The van der Waals surface area contributed by atoms with Gasteiger partial charge in [-0.1, -0.05) is 29.8 Å². The summed E-state index contributed by atoms with van der Waals surface area (Å²) in [5.41, 5.74) is 2.99. The van der Waals surface area contributed by atoms with E-state index in [1.165, 1.54) is 0 Å². The van der Waals surface area contributed by atoms with Gasteiger partial charge in [-0.3, -0.25) is 14.5 Å². The molecule has 0 spiro atoms. The molecule has 1 N–H and O–H groups in total. The molecule has 3 aromatic carbocycles. The fourth-order valence-electron chi connectivity index (χ4n) is 3.26. The smallest absolute Gasteiger partial charge is 0.255 e. The fourth-order valence-corrected chi connectivity index (χ4v) is 4.62. The van der Waals surface area contributed by atoms with Crippen LogP contribution < -0.4 is 15.0 Å². The molecular formula is C23H19ClN2O3S. The maximum absolute atomic E-state index is 12.5. The standard InChI is InChI=1S/C23H19ClN2O3S/c1-29-20-11-9-19(10-12-20)26-21(27)14-30-23(26)15-5-7-18(8-6-15)25-22(28)16-3-2-4-17(24)13-16/h2-13,23H,14H2,1H3,(H,25,28)/t23-/m1/s1. The summed E-state index contributed by atoms with van der Waals surface area (Å²) in [6.07, 6.45) is 0. The first-order valence-electron chi connectivity index (χ1n) is 9.30. The number of rotatable bonds is 5. The summed E-state index contributed by atoms with van der Waals surface area (Å²) in [6, 6.07) is 21.8. The van der Waals surface area contributed by atoms with Crippen LogP contribution in [0.25, 0.3) is 0 Å². The Hall–Kier alpha value is -2.96. The van der Waals surface area contributed by atoms with Crippen LogP contribution in [-0.4, -0.2) is 24.7 Å². The van der Waals surface area contributed by atoms with Crippen molar-refractivity contribution < 1.29 is 14.3 Å². The van der Waals surface area contributed by atoms with Gasteiger partial charge in [0.05, 0.1) is 12.9 Å². The van der Waals surface area contributed by atoms with Crippen LogP contribution in [-0.2, 0) is 4.79 Å². The number of carbonyl (C=O) groups is 2. The highest BCUT2D eigenvalue weighted by Crippen LogP contribution is 2.42. The van der Waals surface area contributed by atoms with Crippen LogP contribution in [0.2, 0.25) is 5.02 Å². The molecular weight excluding hydrogens is 420 g/mol. The Kier molecular flexibility index (Phi) is 5.97. The summed E-state index contributed by atoms with van der Waals surface area (Å²) in [6.45, 7) is 0. The third-order valence-corrected chi connectivity index (χ3v) is 6.21. The number of ether oxygens (including phenoxy) is 1. The molecule has 5 nitrogen and oxygen atoms in total. The van der Waals surface area contributed by atoms with Gasteiger partial charge in [0, 0.05) is 22.0 Å². The fraction of sp³-hybridized carbons (Fsp3) is 0.130. The molecule has 3 aromatic rings. The van der Waals surface area contributed by atoms with Crippen molar-refractivity contribution in [1.82, 2.24) is 0 Å². The van der Waals surface area contributed by atoms with Gasteiger partial charge < -0.3 is 10.1 Å². The lowest BCUT2D eigenvalue weighted by atomic mass is 10.1. The molecule has 1 aliphatic heterocycles. The molecule has 1 heterocycles. The lowest BCUT2D eigenvalue weighted by Gasteiger charge is -2.24. The van der Waals surface area contributed by atoms with Crippen LogP contribution in [0.5, 0.6) is 5.75 Å². The van der Waals surface area contributed by atoms with Crippen LogP contribution in [0, 0.1) is 0 Å². The lowest BCUT2D eigenvalue weighted by molar-refractivity contribution is -0.115. The van der Waals surface area contributed by atoms with Crippen molar-refractivity contribution in [3.8, 4) is 5.75 Å². The van der Waals surface area contributed by atoms with Crippen molar-refractivity contribution in [1.29, 1.82) is 0 Å². The number of hydrogen-bond acceptors (Lipinski definition) is 4. The van der Waals surface area contributed by atoms with E-state index >= 15 is 0 Å². The van der Waals surface area contributed by atoms with E-state index in [0.29, 0.717) is 22.0 Å². The molecule has 0 bridgehead atoms. The molecule has 7 heteroatoms. The zero-order valence-electron chi connectivity index (χ0n) is 16.2. The summed E-state index contributed by atoms with van der Waals surface area (Å²) in [5.74, 6) is 1.00. The predicted molar refractivity (Wildman–Crippen MR) is 122 cm³/mol. The Balaban J connectivity index is 1.51. The summed E-state index contributed by atoms with van der Waals surface area (Å²) in [4.78, 5) is 26.7. The quantitative estimate of drug-likeness (QED) is 0.581. The van der Waals surface area contributed by atoms with Gasteiger partial charge in [0.15, 0.2) is 0 Å². The normalized spacial score (nSPS) is 15.9. The number of halogens is 1. The third-order valence-electron chi connectivity index (χ3n) is 4.76. The summed E-state index contributed by atoms with van der Waals surface area (Å²) in [5, 5.41) is 3.26. The number of nitrogens with one attached hydrogen (secondary N) is 1. The van der Waals surface area contributed by atoms with E-state index in [1.54, 1.807) is 48.0 Å². The van der Waals surface area contributed by atoms with Crippen molar-refractivity contribution in [3.63, 3.8) is 0 Å². The number of nitrogens with zero attached hydrogens (tertiary/aromatic N) is 1. The second-order valence-corrected chi connectivity index (χ2v) is 8.22. The average molecular weight is 439 g/mol. The van der Waals surface area contributed by atoms with Crippen LogP contribution in [0.4, 0.5) is 11.4 Å². The topological polar surface area (TPSA) is 58.6 Å². The lowest BCUT2D eigenvalue weighted by Crippen LogP contribution is -2.27. The van der Waals surface area contributed by atoms with Crippen LogP contribution >= 0.6 is 23.4 Å². The molecule has 1 saturated heterocycles. The average Bonchev–Trinajstić information content (AvgIpc) is 3.15. The van der Waals surface area contributed by atoms with Crippen molar-refractivity contribution in [3.05, 3.63) is 88.9 Å². The first-order chi connectivity index (χ1) is 14.5. The first-order valence-corrected chi connectivity index (χ1v) is 10.7. The first kappa shape index (κ1) is 20.3. The number of methoxy groups -OCH3 is 1. The molecule has 4 rings (SSSR count). The van der Waals surface area contributed by atoms with Gasteiger partial charge in [0.2, 0.25) is 5.91 Å². The Morgan fingerprint density at radius 3 is 2.50 bits per heavy atom. The van der Waals surface area contributed by atoms with Gasteiger partial charge in [-0.05, 0) is 60.2 Å². The van der Waals surface area contributed by atoms with Crippen molar-refractivity contribution in [2.45, 2.75) is 5.37 Å². The molecule has 0 aromatic heterocycles. The Bertz CT molecular complexity index is 1070. The van der Waals surface area contributed by atoms with Crippen molar-refractivity contribution in [2.75, 3.05) is 23.1 Å². The molecule has 1 atom stereocenters. The summed E-state index contributed by atoms with van der Waals surface area (Å²) < 4.78 is 5.20. The second-order valence-electron chi connectivity index (χ2n) is 6.71. The largest absolute Gasteiger partial charge is 0.497 e. The van der Waals surface area contributed by atoms with Gasteiger partial charge in [0.25, 0.3) is 5.91 Å². The Morgan fingerprint density at radius 2 is 1.83 bits per heavy atom. The minimum atomic E-state index is -0.226. The van der Waals surface area contributed by atoms with Crippen molar-refractivity contribution in [2.24, 2.45) is 0 Å². The summed E-state index contributed by atoms with van der Waals surface area (Å²) >= 11 is 7.53. The number of anilines is 2. The van der Waals surface area contributed by atoms with Crippen LogP contribution in [0.1, 0.15) is 21.3 Å². The maximum Gasteiger partial charge on any atom is 0.255 e. The second kappa shape index (κ2) is 8.81. The van der Waals surface area contributed by atoms with E-state index in [9.17, 15) is 9.59 Å². The van der Waals surface area contributed by atoms with E-state index in [1.807, 2.05) is 48.5 Å². The van der Waals surface area contributed by atoms with Gasteiger partial charge in [-0.15, -0.1) is 11.8 Å². The summed E-state index contributed by atoms with van der Waals surface area (Å²) in [7, 11) is 1.61. The predicted octanol–water partition coefficient (Wildman–Crippen LogP) is 5.38. The minimum absolute atomic E-state index is 0.0634. The third kappa shape index (κ3) is 4.30. The van der Waals surface area contributed by atoms with E-state index in [0.717, 1.165) is 17.0 Å². The van der Waals surface area contributed by atoms with Crippen molar-refractivity contribution >= 4 is 46.6 Å². The maximum atomic E-state index is 12.5. The zero-order chi connectivity index (χ0) is 21.1. The van der Waals surface area contributed by atoms with Gasteiger partial charge in [0.1, 0.15) is 11.1 Å². The molecule has 30 heavy (non-hydrogen) atoms. The zero-order valence-corrected chi connectivity index (χ0v) is 17.7. The van der Waals surface area contributed by atoms with Crippen LogP contribution in [0.3, 0.4) is 0 Å². The highest BCUT2D eigenvalue weighted by atomic mass is 35.5. The van der Waals surface area contributed by atoms with Gasteiger partial charge >= 0.3 is 0 Å². The number of amides is 2. The highest BCUT2D eigenvalue weighted by molar-refractivity contribution is 8.00. The van der Waals surface area contributed by atoms with E-state index < -0.39 is 0 Å². The molecule has 0 saturated carbocycles. The van der Waals surface area contributed by atoms with E-state index in [2.05, 4.69) is 5.32 Å². The Labute approximate surface area is 184 Å². The molecule has 1 aliphatic rings. The Morgan fingerprint density at radius 1 is 1.10 bits per heavy atom. The monoisotopic (exact) mass is 438 g/mol. The molecule has 0 aliphatic carbocycles. The molecule has 1 fully saturated rings. The van der Waals surface area contributed by atoms with Gasteiger partial charge in [-0.25, -0.2) is 0 Å².